The highest BCUT2D eigenvalue weighted by molar-refractivity contribution is 9.11. The van der Waals surface area contributed by atoms with Gasteiger partial charge in [0.1, 0.15) is 5.82 Å². The Labute approximate surface area is 123 Å². The van der Waals surface area contributed by atoms with E-state index in [0.717, 1.165) is 38.4 Å². The first-order chi connectivity index (χ1) is 8.61. The van der Waals surface area contributed by atoms with Crippen molar-refractivity contribution in [3.8, 4) is 11.4 Å². The van der Waals surface area contributed by atoms with Gasteiger partial charge in [0.05, 0.1) is 10.2 Å². The quantitative estimate of drug-likeness (QED) is 0.869. The van der Waals surface area contributed by atoms with E-state index in [9.17, 15) is 0 Å². The zero-order valence-corrected chi connectivity index (χ0v) is 13.3. The van der Waals surface area contributed by atoms with Gasteiger partial charge in [0, 0.05) is 16.6 Å². The molecule has 0 unspecified atom stereocenters. The summed E-state index contributed by atoms with van der Waals surface area (Å²) in [5.74, 6) is 1.56. The van der Waals surface area contributed by atoms with Gasteiger partial charge in [-0.15, -0.1) is 0 Å². The van der Waals surface area contributed by atoms with Crippen LogP contribution in [0.1, 0.15) is 12.6 Å². The minimum absolute atomic E-state index is 0.730. The summed E-state index contributed by atoms with van der Waals surface area (Å²) in [7, 11) is 0. The molecular formula is C13H13Br2N3. The third-order valence-electron chi connectivity index (χ3n) is 2.44. The van der Waals surface area contributed by atoms with Crippen molar-refractivity contribution in [1.82, 2.24) is 9.97 Å². The van der Waals surface area contributed by atoms with E-state index in [0.29, 0.717) is 0 Å². The second-order valence-electron chi connectivity index (χ2n) is 3.84. The van der Waals surface area contributed by atoms with Crippen LogP contribution in [0.5, 0.6) is 0 Å². The van der Waals surface area contributed by atoms with E-state index in [-0.39, 0.29) is 0 Å². The van der Waals surface area contributed by atoms with Gasteiger partial charge in [0.2, 0.25) is 0 Å². The summed E-state index contributed by atoms with van der Waals surface area (Å²) in [6, 6.07) is 7.98. The van der Waals surface area contributed by atoms with E-state index in [1.54, 1.807) is 0 Å². The topological polar surface area (TPSA) is 37.8 Å². The average Bonchev–Trinajstić information content (AvgIpc) is 2.35. The molecule has 1 aromatic heterocycles. The van der Waals surface area contributed by atoms with Crippen LogP contribution in [-0.2, 0) is 0 Å². The summed E-state index contributed by atoms with van der Waals surface area (Å²) in [6.45, 7) is 4.84. The third kappa shape index (κ3) is 2.90. The molecule has 0 aliphatic carbocycles. The molecule has 1 heterocycles. The van der Waals surface area contributed by atoms with Crippen LogP contribution in [0, 0.1) is 6.92 Å². The van der Waals surface area contributed by atoms with E-state index in [2.05, 4.69) is 47.1 Å². The number of anilines is 1. The molecule has 1 N–H and O–H groups in total. The zero-order valence-electron chi connectivity index (χ0n) is 10.2. The fourth-order valence-electron chi connectivity index (χ4n) is 1.60. The van der Waals surface area contributed by atoms with Gasteiger partial charge in [0.15, 0.2) is 5.82 Å². The largest absolute Gasteiger partial charge is 0.369 e. The number of hydrogen-bond acceptors (Lipinski definition) is 3. The van der Waals surface area contributed by atoms with Crippen LogP contribution < -0.4 is 5.32 Å². The van der Waals surface area contributed by atoms with Crippen molar-refractivity contribution in [2.45, 2.75) is 13.8 Å². The molecule has 0 aliphatic rings. The summed E-state index contributed by atoms with van der Waals surface area (Å²) in [6.07, 6.45) is 0. The summed E-state index contributed by atoms with van der Waals surface area (Å²) < 4.78 is 1.94. The SMILES string of the molecule is CCNc1nc(-c2cccc(Br)c2)nc(C)c1Br. The Hall–Kier alpha value is -0.940. The Morgan fingerprint density at radius 3 is 2.67 bits per heavy atom. The van der Waals surface area contributed by atoms with Gasteiger partial charge in [-0.3, -0.25) is 0 Å². The first-order valence-corrected chi connectivity index (χ1v) is 7.24. The third-order valence-corrected chi connectivity index (χ3v) is 3.89. The number of halogens is 2. The van der Waals surface area contributed by atoms with Gasteiger partial charge in [-0.25, -0.2) is 9.97 Å². The molecule has 0 aliphatic heterocycles. The molecule has 3 nitrogen and oxygen atoms in total. The smallest absolute Gasteiger partial charge is 0.161 e. The number of rotatable bonds is 3. The van der Waals surface area contributed by atoms with Crippen LogP contribution in [0.4, 0.5) is 5.82 Å². The van der Waals surface area contributed by atoms with Crippen LogP contribution in [0.3, 0.4) is 0 Å². The Bertz CT molecular complexity index is 570. The monoisotopic (exact) mass is 369 g/mol. The molecule has 0 atom stereocenters. The highest BCUT2D eigenvalue weighted by atomic mass is 79.9. The fourth-order valence-corrected chi connectivity index (χ4v) is 2.32. The Morgan fingerprint density at radius 2 is 2.00 bits per heavy atom. The highest BCUT2D eigenvalue weighted by Gasteiger charge is 2.10. The lowest BCUT2D eigenvalue weighted by atomic mass is 10.2. The highest BCUT2D eigenvalue weighted by Crippen LogP contribution is 2.27. The normalized spacial score (nSPS) is 10.4. The Balaban J connectivity index is 2.51. The van der Waals surface area contributed by atoms with Crippen LogP contribution in [0.25, 0.3) is 11.4 Å². The molecule has 2 aromatic rings. The maximum Gasteiger partial charge on any atom is 0.161 e. The molecule has 0 radical (unpaired) electrons. The Kier molecular flexibility index (Phi) is 4.35. The molecule has 0 amide bonds. The van der Waals surface area contributed by atoms with Crippen molar-refractivity contribution >= 4 is 37.7 Å². The van der Waals surface area contributed by atoms with Crippen molar-refractivity contribution in [3.63, 3.8) is 0 Å². The van der Waals surface area contributed by atoms with E-state index >= 15 is 0 Å². The molecule has 0 bridgehead atoms. The number of aryl methyl sites for hydroxylation is 1. The van der Waals surface area contributed by atoms with Crippen molar-refractivity contribution in [2.75, 3.05) is 11.9 Å². The molecule has 0 fully saturated rings. The van der Waals surface area contributed by atoms with Crippen molar-refractivity contribution < 1.29 is 0 Å². The predicted octanol–water partition coefficient (Wildman–Crippen LogP) is 4.41. The van der Waals surface area contributed by atoms with E-state index < -0.39 is 0 Å². The summed E-state index contributed by atoms with van der Waals surface area (Å²) >= 11 is 6.97. The average molecular weight is 371 g/mol. The zero-order chi connectivity index (χ0) is 13.1. The lowest BCUT2D eigenvalue weighted by Crippen LogP contribution is -2.04. The predicted molar refractivity (Wildman–Crippen MR) is 81.8 cm³/mol. The van der Waals surface area contributed by atoms with Gasteiger partial charge in [-0.1, -0.05) is 28.1 Å². The second-order valence-corrected chi connectivity index (χ2v) is 5.54. The van der Waals surface area contributed by atoms with Crippen LogP contribution in [0.15, 0.2) is 33.2 Å². The minimum atomic E-state index is 0.730. The summed E-state index contributed by atoms with van der Waals surface area (Å²) in [5.41, 5.74) is 1.93. The lowest BCUT2D eigenvalue weighted by molar-refractivity contribution is 1.06. The lowest BCUT2D eigenvalue weighted by Gasteiger charge is -2.10. The molecule has 5 heteroatoms. The standard InChI is InChI=1S/C13H13Br2N3/c1-3-16-13-11(15)8(2)17-12(18-13)9-5-4-6-10(14)7-9/h4-7H,3H2,1-2H3,(H,16,17,18). The summed E-state index contributed by atoms with van der Waals surface area (Å²) in [5, 5.41) is 3.23. The van der Waals surface area contributed by atoms with Crippen LogP contribution in [0.2, 0.25) is 0 Å². The first-order valence-electron chi connectivity index (χ1n) is 5.65. The van der Waals surface area contributed by atoms with Gasteiger partial charge in [-0.2, -0.15) is 0 Å². The molecule has 18 heavy (non-hydrogen) atoms. The van der Waals surface area contributed by atoms with Gasteiger partial charge in [-0.05, 0) is 41.9 Å². The maximum atomic E-state index is 4.54. The van der Waals surface area contributed by atoms with Crippen LogP contribution in [-0.4, -0.2) is 16.5 Å². The fraction of sp³-hybridized carbons (Fsp3) is 0.231. The number of nitrogens with one attached hydrogen (secondary N) is 1. The number of aromatic nitrogens is 2. The van der Waals surface area contributed by atoms with E-state index in [4.69, 9.17) is 0 Å². The van der Waals surface area contributed by atoms with Gasteiger partial charge >= 0.3 is 0 Å². The van der Waals surface area contributed by atoms with Crippen molar-refractivity contribution in [1.29, 1.82) is 0 Å². The second kappa shape index (κ2) is 5.80. The molecule has 1 aromatic carbocycles. The van der Waals surface area contributed by atoms with Gasteiger partial charge < -0.3 is 5.32 Å². The van der Waals surface area contributed by atoms with Crippen molar-refractivity contribution in [3.05, 3.63) is 38.9 Å². The molecule has 2 rings (SSSR count). The van der Waals surface area contributed by atoms with E-state index in [1.807, 2.05) is 38.1 Å². The number of benzene rings is 1. The molecule has 0 saturated heterocycles. The number of nitrogens with zero attached hydrogens (tertiary/aromatic N) is 2. The first kappa shape index (κ1) is 13.5. The Morgan fingerprint density at radius 1 is 1.22 bits per heavy atom. The molecule has 94 valence electrons. The summed E-state index contributed by atoms with van der Waals surface area (Å²) in [4.78, 5) is 9.05. The molecule has 0 spiro atoms. The van der Waals surface area contributed by atoms with Gasteiger partial charge in [0.25, 0.3) is 0 Å². The van der Waals surface area contributed by atoms with Crippen molar-refractivity contribution in [2.24, 2.45) is 0 Å². The molecular weight excluding hydrogens is 358 g/mol. The molecule has 0 saturated carbocycles. The van der Waals surface area contributed by atoms with Crippen LogP contribution >= 0.6 is 31.9 Å². The minimum Gasteiger partial charge on any atom is -0.369 e. The van der Waals surface area contributed by atoms with E-state index in [1.165, 1.54) is 0 Å². The number of hydrogen-bond donors (Lipinski definition) is 1. The maximum absolute atomic E-state index is 4.54.